The fraction of sp³-hybridized carbons (Fsp3) is 0.200. The van der Waals surface area contributed by atoms with Gasteiger partial charge in [0.25, 0.3) is 0 Å². The number of esters is 1. The van der Waals surface area contributed by atoms with Crippen LogP contribution >= 0.6 is 0 Å². The van der Waals surface area contributed by atoms with Gasteiger partial charge in [-0.2, -0.15) is 0 Å². The zero-order chi connectivity index (χ0) is 21.7. The molecule has 0 radical (unpaired) electrons. The van der Waals surface area contributed by atoms with Crippen molar-refractivity contribution in [1.82, 2.24) is 4.98 Å². The maximum absolute atomic E-state index is 12.8. The van der Waals surface area contributed by atoms with Crippen LogP contribution in [0.1, 0.15) is 21.6 Å². The van der Waals surface area contributed by atoms with Crippen LogP contribution in [0.4, 0.5) is 0 Å². The smallest absolute Gasteiger partial charge is 0.339 e. The molecule has 0 amide bonds. The number of methoxy groups -OCH3 is 3. The van der Waals surface area contributed by atoms with Gasteiger partial charge in [-0.1, -0.05) is 12.1 Å². The highest BCUT2D eigenvalue weighted by Crippen LogP contribution is 2.44. The summed E-state index contributed by atoms with van der Waals surface area (Å²) in [6.45, 7) is 2.18. The molecule has 1 aliphatic heterocycles. The number of para-hydroxylation sites is 1. The van der Waals surface area contributed by atoms with Crippen molar-refractivity contribution in [3.05, 3.63) is 59.3 Å². The van der Waals surface area contributed by atoms with E-state index in [4.69, 9.17) is 23.9 Å². The van der Waals surface area contributed by atoms with Gasteiger partial charge in [0.2, 0.25) is 0 Å². The highest BCUT2D eigenvalue weighted by Gasteiger charge is 2.29. The molecule has 0 saturated carbocycles. The van der Waals surface area contributed by atoms with E-state index >= 15 is 0 Å². The maximum atomic E-state index is 12.8. The summed E-state index contributed by atoms with van der Waals surface area (Å²) in [5, 5.41) is 2.72. The second-order valence-corrected chi connectivity index (χ2v) is 7.46. The van der Waals surface area contributed by atoms with Gasteiger partial charge in [-0.25, -0.2) is 9.78 Å². The van der Waals surface area contributed by atoms with Crippen molar-refractivity contribution in [3.63, 3.8) is 0 Å². The fourth-order valence-electron chi connectivity index (χ4n) is 4.35. The van der Waals surface area contributed by atoms with Crippen LogP contribution in [0.2, 0.25) is 0 Å². The summed E-state index contributed by atoms with van der Waals surface area (Å²) in [5.41, 5.74) is 4.70. The first-order valence-electron chi connectivity index (χ1n) is 9.89. The van der Waals surface area contributed by atoms with E-state index in [1.807, 2.05) is 49.4 Å². The molecule has 5 rings (SSSR count). The zero-order valence-corrected chi connectivity index (χ0v) is 17.7. The summed E-state index contributed by atoms with van der Waals surface area (Å²) in [5.74, 6) is 1.58. The van der Waals surface area contributed by atoms with Crippen LogP contribution in [0.15, 0.2) is 42.5 Å². The second-order valence-electron chi connectivity index (χ2n) is 7.46. The number of benzene rings is 3. The molecule has 0 spiro atoms. The average Bonchev–Trinajstić information content (AvgIpc) is 3.15. The molecule has 1 aromatic heterocycles. The molecule has 156 valence electrons. The SMILES string of the molecule is COc1cc2cc3c(c(-c4cc(C)nc5c(OC)cccc45)c2cc1OC)C(=O)OC3. The highest BCUT2D eigenvalue weighted by molar-refractivity contribution is 6.15. The molecule has 0 N–H and O–H groups in total. The lowest BCUT2D eigenvalue weighted by Crippen LogP contribution is -2.01. The lowest BCUT2D eigenvalue weighted by molar-refractivity contribution is 0.0535. The summed E-state index contributed by atoms with van der Waals surface area (Å²) in [4.78, 5) is 17.5. The van der Waals surface area contributed by atoms with Crippen LogP contribution in [0.3, 0.4) is 0 Å². The second kappa shape index (κ2) is 7.16. The monoisotopic (exact) mass is 415 g/mol. The molecular weight excluding hydrogens is 394 g/mol. The minimum Gasteiger partial charge on any atom is -0.494 e. The molecule has 6 heteroatoms. The number of aryl methyl sites for hydroxylation is 1. The number of carbonyl (C=O) groups is 1. The molecule has 0 fully saturated rings. The van der Waals surface area contributed by atoms with Crippen molar-refractivity contribution in [3.8, 4) is 28.4 Å². The van der Waals surface area contributed by atoms with Crippen molar-refractivity contribution in [2.24, 2.45) is 0 Å². The lowest BCUT2D eigenvalue weighted by atomic mass is 9.88. The van der Waals surface area contributed by atoms with Crippen LogP contribution in [0.25, 0.3) is 32.8 Å². The molecule has 0 saturated heterocycles. The number of pyridine rings is 1. The van der Waals surface area contributed by atoms with Gasteiger partial charge in [0.1, 0.15) is 17.9 Å². The van der Waals surface area contributed by atoms with Crippen molar-refractivity contribution >= 4 is 27.6 Å². The van der Waals surface area contributed by atoms with Gasteiger partial charge in [0.15, 0.2) is 11.5 Å². The van der Waals surface area contributed by atoms with E-state index in [2.05, 4.69) is 0 Å². The Balaban J connectivity index is 1.97. The number of aromatic nitrogens is 1. The van der Waals surface area contributed by atoms with Crippen LogP contribution in [0.5, 0.6) is 17.2 Å². The zero-order valence-electron chi connectivity index (χ0n) is 17.7. The number of hydrogen-bond acceptors (Lipinski definition) is 6. The third-order valence-corrected chi connectivity index (χ3v) is 5.71. The molecule has 31 heavy (non-hydrogen) atoms. The topological polar surface area (TPSA) is 66.9 Å². The van der Waals surface area contributed by atoms with E-state index in [0.717, 1.165) is 44.1 Å². The first-order valence-corrected chi connectivity index (χ1v) is 9.89. The van der Waals surface area contributed by atoms with Gasteiger partial charge in [-0.15, -0.1) is 0 Å². The van der Waals surface area contributed by atoms with E-state index in [1.165, 1.54) is 0 Å². The van der Waals surface area contributed by atoms with E-state index in [1.54, 1.807) is 21.3 Å². The Bertz CT molecular complexity index is 1380. The number of cyclic esters (lactones) is 1. The number of hydrogen-bond donors (Lipinski definition) is 0. The number of rotatable bonds is 4. The van der Waals surface area contributed by atoms with Crippen LogP contribution in [0, 0.1) is 6.92 Å². The Kier molecular flexibility index (Phi) is 4.43. The molecule has 0 unspecified atom stereocenters. The molecule has 1 aliphatic rings. The van der Waals surface area contributed by atoms with Crippen molar-refractivity contribution in [2.45, 2.75) is 13.5 Å². The van der Waals surface area contributed by atoms with Crippen LogP contribution in [-0.2, 0) is 11.3 Å². The molecular formula is C25H21NO5. The Morgan fingerprint density at radius 2 is 1.61 bits per heavy atom. The highest BCUT2D eigenvalue weighted by atomic mass is 16.5. The first-order chi connectivity index (χ1) is 15.0. The Morgan fingerprint density at radius 1 is 0.871 bits per heavy atom. The standard InChI is InChI=1S/C25H21NO5/c1-13-8-18(16-6-5-7-19(28-2)24(16)26-13)23-17-11-21(30-4)20(29-3)10-14(17)9-15-12-31-25(27)22(15)23/h5-11H,12H2,1-4H3. The van der Waals surface area contributed by atoms with Gasteiger partial charge in [0.05, 0.1) is 26.9 Å². The first kappa shape index (κ1) is 19.2. The predicted molar refractivity (Wildman–Crippen MR) is 118 cm³/mol. The third-order valence-electron chi connectivity index (χ3n) is 5.71. The van der Waals surface area contributed by atoms with Gasteiger partial charge < -0.3 is 18.9 Å². The average molecular weight is 415 g/mol. The Hall–Kier alpha value is -3.80. The summed E-state index contributed by atoms with van der Waals surface area (Å²) >= 11 is 0. The number of ether oxygens (including phenoxy) is 4. The summed E-state index contributed by atoms with van der Waals surface area (Å²) in [7, 11) is 4.83. The minimum absolute atomic E-state index is 0.247. The quantitative estimate of drug-likeness (QED) is 0.434. The molecule has 4 aromatic rings. The van der Waals surface area contributed by atoms with Gasteiger partial charge in [-0.05, 0) is 53.6 Å². The molecule has 0 bridgehead atoms. The summed E-state index contributed by atoms with van der Waals surface area (Å²) in [6.07, 6.45) is 0. The number of nitrogens with zero attached hydrogens (tertiary/aromatic N) is 1. The normalized spacial score (nSPS) is 12.7. The summed E-state index contributed by atoms with van der Waals surface area (Å²) < 4.78 is 22.0. The molecule has 0 atom stereocenters. The van der Waals surface area contributed by atoms with Crippen LogP contribution < -0.4 is 14.2 Å². The van der Waals surface area contributed by atoms with Gasteiger partial charge >= 0.3 is 5.97 Å². The minimum atomic E-state index is -0.327. The van der Waals surface area contributed by atoms with Gasteiger partial charge in [-0.3, -0.25) is 0 Å². The van der Waals surface area contributed by atoms with Gasteiger partial charge in [0, 0.05) is 22.2 Å². The number of fused-ring (bicyclic) bond motifs is 3. The Labute approximate surface area is 179 Å². The third kappa shape index (κ3) is 2.86. The lowest BCUT2D eigenvalue weighted by Gasteiger charge is -2.17. The Morgan fingerprint density at radius 3 is 2.35 bits per heavy atom. The van der Waals surface area contributed by atoms with E-state index in [0.29, 0.717) is 22.8 Å². The molecule has 2 heterocycles. The fourth-order valence-corrected chi connectivity index (χ4v) is 4.35. The molecule has 6 nitrogen and oxygen atoms in total. The van der Waals surface area contributed by atoms with Crippen molar-refractivity contribution < 1.29 is 23.7 Å². The predicted octanol–water partition coefficient (Wildman–Crippen LogP) is 5.06. The van der Waals surface area contributed by atoms with E-state index in [9.17, 15) is 4.79 Å². The molecule has 3 aromatic carbocycles. The maximum Gasteiger partial charge on any atom is 0.339 e. The number of carbonyl (C=O) groups excluding carboxylic acids is 1. The van der Waals surface area contributed by atoms with Crippen molar-refractivity contribution in [1.29, 1.82) is 0 Å². The largest absolute Gasteiger partial charge is 0.494 e. The molecule has 0 aliphatic carbocycles. The van der Waals surface area contributed by atoms with Crippen molar-refractivity contribution in [2.75, 3.05) is 21.3 Å². The van der Waals surface area contributed by atoms with Crippen LogP contribution in [-0.4, -0.2) is 32.3 Å². The van der Waals surface area contributed by atoms with E-state index in [-0.39, 0.29) is 12.6 Å². The van der Waals surface area contributed by atoms with E-state index < -0.39 is 0 Å². The summed E-state index contributed by atoms with van der Waals surface area (Å²) in [6, 6.07) is 13.6.